The number of rotatable bonds is 17. The van der Waals surface area contributed by atoms with Crippen LogP contribution in [0.25, 0.3) is 0 Å². The van der Waals surface area contributed by atoms with E-state index in [9.17, 15) is 9.59 Å². The Kier molecular flexibility index (Phi) is 14.8. The molecule has 0 unspecified atom stereocenters. The summed E-state index contributed by atoms with van der Waals surface area (Å²) in [6.07, 6.45) is 19.8. The molecule has 0 spiro atoms. The van der Waals surface area contributed by atoms with Gasteiger partial charge in [-0.2, -0.15) is 0 Å². The van der Waals surface area contributed by atoms with Crippen LogP contribution in [0.1, 0.15) is 96.8 Å². The molecular weight excluding hydrogens is 360 g/mol. The summed E-state index contributed by atoms with van der Waals surface area (Å²) in [6.45, 7) is 4.02. The molecule has 1 amide bonds. The Bertz CT molecular complexity index is 473. The fourth-order valence-corrected chi connectivity index (χ4v) is 4.21. The highest BCUT2D eigenvalue weighted by Gasteiger charge is 2.32. The highest BCUT2D eigenvalue weighted by Crippen LogP contribution is 2.34. The number of hydrogen-bond acceptors (Lipinski definition) is 3. The first kappa shape index (κ1) is 25.9. The molecule has 0 saturated heterocycles. The van der Waals surface area contributed by atoms with Crippen LogP contribution in [0.3, 0.4) is 0 Å². The van der Waals surface area contributed by atoms with Crippen molar-refractivity contribution in [2.75, 3.05) is 27.2 Å². The van der Waals surface area contributed by atoms with Crippen LogP contribution in [-0.4, -0.2) is 43.8 Å². The first-order valence-electron chi connectivity index (χ1n) is 12.2. The summed E-state index contributed by atoms with van der Waals surface area (Å²) in [5.74, 6) is 1.38. The van der Waals surface area contributed by atoms with Crippen molar-refractivity contribution in [2.45, 2.75) is 96.8 Å². The highest BCUT2D eigenvalue weighted by atomic mass is 16.1. The van der Waals surface area contributed by atoms with Crippen molar-refractivity contribution in [3.63, 3.8) is 0 Å². The van der Waals surface area contributed by atoms with Gasteiger partial charge in [0.1, 0.15) is 5.78 Å². The molecule has 29 heavy (non-hydrogen) atoms. The Morgan fingerprint density at radius 2 is 1.83 bits per heavy atom. The number of Topliss-reactive ketones (excluding diaryl/α,β-unsaturated/α-hetero) is 1. The second kappa shape index (κ2) is 16.6. The minimum atomic E-state index is 0.180. The molecule has 0 aliphatic heterocycles. The molecule has 0 heterocycles. The van der Waals surface area contributed by atoms with Gasteiger partial charge >= 0.3 is 0 Å². The third kappa shape index (κ3) is 12.9. The molecule has 4 nitrogen and oxygen atoms in total. The predicted molar refractivity (Wildman–Crippen MR) is 123 cm³/mol. The molecule has 2 atom stereocenters. The van der Waals surface area contributed by atoms with E-state index in [4.69, 9.17) is 0 Å². The van der Waals surface area contributed by atoms with E-state index in [1.807, 2.05) is 14.1 Å². The van der Waals surface area contributed by atoms with Crippen LogP contribution in [0.15, 0.2) is 12.2 Å². The van der Waals surface area contributed by atoms with Gasteiger partial charge in [-0.3, -0.25) is 9.59 Å². The summed E-state index contributed by atoms with van der Waals surface area (Å²) in [7, 11) is 4.10. The Balaban J connectivity index is 2.08. The molecule has 1 saturated carbocycles. The molecule has 0 bridgehead atoms. The smallest absolute Gasteiger partial charge is 0.219 e. The summed E-state index contributed by atoms with van der Waals surface area (Å²) in [5.41, 5.74) is 0. The van der Waals surface area contributed by atoms with Gasteiger partial charge in [0, 0.05) is 25.3 Å². The molecule has 0 aromatic rings. The monoisotopic (exact) mass is 406 g/mol. The second-order valence-corrected chi connectivity index (χ2v) is 9.01. The first-order chi connectivity index (χ1) is 14.0. The summed E-state index contributed by atoms with van der Waals surface area (Å²) in [5, 5.41) is 3.00. The zero-order valence-corrected chi connectivity index (χ0v) is 19.4. The van der Waals surface area contributed by atoms with Gasteiger partial charge in [0.15, 0.2) is 0 Å². The SMILES string of the molecule is CCCCCCC=C[C@H]1CCC(=O)[C@@H]1CCCCCCC(=O)NCCCN(C)C. The predicted octanol–water partition coefficient (Wildman–Crippen LogP) is 5.52. The van der Waals surface area contributed by atoms with Crippen molar-refractivity contribution in [1.29, 1.82) is 0 Å². The maximum atomic E-state index is 12.2. The van der Waals surface area contributed by atoms with E-state index < -0.39 is 0 Å². The Morgan fingerprint density at radius 1 is 1.07 bits per heavy atom. The van der Waals surface area contributed by atoms with Gasteiger partial charge in [-0.25, -0.2) is 0 Å². The zero-order chi connectivity index (χ0) is 21.3. The lowest BCUT2D eigenvalue weighted by atomic mass is 9.89. The number of hydrogen-bond donors (Lipinski definition) is 1. The van der Waals surface area contributed by atoms with Gasteiger partial charge in [0.25, 0.3) is 0 Å². The van der Waals surface area contributed by atoms with Crippen LogP contribution in [0.4, 0.5) is 0 Å². The van der Waals surface area contributed by atoms with Crippen molar-refractivity contribution in [2.24, 2.45) is 11.8 Å². The normalized spacial score (nSPS) is 19.5. The lowest BCUT2D eigenvalue weighted by Crippen LogP contribution is -2.26. The van der Waals surface area contributed by atoms with Gasteiger partial charge in [0.2, 0.25) is 5.91 Å². The average molecular weight is 407 g/mol. The van der Waals surface area contributed by atoms with Crippen molar-refractivity contribution in [3.05, 3.63) is 12.2 Å². The highest BCUT2D eigenvalue weighted by molar-refractivity contribution is 5.83. The van der Waals surface area contributed by atoms with Crippen LogP contribution < -0.4 is 5.32 Å². The van der Waals surface area contributed by atoms with Crippen molar-refractivity contribution in [1.82, 2.24) is 10.2 Å². The molecule has 1 fully saturated rings. The van der Waals surface area contributed by atoms with Gasteiger partial charge in [-0.1, -0.05) is 57.6 Å². The largest absolute Gasteiger partial charge is 0.356 e. The summed E-state index contributed by atoms with van der Waals surface area (Å²) in [4.78, 5) is 26.2. The third-order valence-corrected chi connectivity index (χ3v) is 6.04. The van der Waals surface area contributed by atoms with Gasteiger partial charge in [-0.15, -0.1) is 0 Å². The minimum absolute atomic E-state index is 0.180. The van der Waals surface area contributed by atoms with Crippen molar-refractivity contribution < 1.29 is 9.59 Å². The fraction of sp³-hybridized carbons (Fsp3) is 0.840. The van der Waals surface area contributed by atoms with Gasteiger partial charge < -0.3 is 10.2 Å². The molecule has 1 N–H and O–H groups in total. The summed E-state index contributed by atoms with van der Waals surface area (Å²) >= 11 is 0. The Hall–Kier alpha value is -1.16. The third-order valence-electron chi connectivity index (χ3n) is 6.04. The quantitative estimate of drug-likeness (QED) is 0.256. The number of amides is 1. The van der Waals surface area contributed by atoms with Crippen LogP contribution in [-0.2, 0) is 9.59 Å². The molecule has 0 radical (unpaired) electrons. The minimum Gasteiger partial charge on any atom is -0.356 e. The van der Waals surface area contributed by atoms with E-state index in [1.54, 1.807) is 0 Å². The molecule has 1 aliphatic carbocycles. The Morgan fingerprint density at radius 3 is 2.59 bits per heavy atom. The maximum absolute atomic E-state index is 12.2. The fourth-order valence-electron chi connectivity index (χ4n) is 4.21. The number of unbranched alkanes of at least 4 members (excludes halogenated alkanes) is 7. The average Bonchev–Trinajstić information content (AvgIpc) is 3.04. The Labute approximate surface area is 179 Å². The van der Waals surface area contributed by atoms with E-state index in [0.29, 0.717) is 18.1 Å². The van der Waals surface area contributed by atoms with E-state index in [0.717, 1.165) is 70.9 Å². The number of carbonyl (C=O) groups is 2. The first-order valence-corrected chi connectivity index (χ1v) is 12.2. The number of ketones is 1. The lowest BCUT2D eigenvalue weighted by Gasteiger charge is -2.15. The molecule has 0 aromatic heterocycles. The van der Waals surface area contributed by atoms with E-state index in [-0.39, 0.29) is 11.8 Å². The van der Waals surface area contributed by atoms with E-state index in [2.05, 4.69) is 29.3 Å². The zero-order valence-electron chi connectivity index (χ0n) is 19.4. The number of nitrogens with zero attached hydrogens (tertiary/aromatic N) is 1. The van der Waals surface area contributed by atoms with Crippen molar-refractivity contribution >= 4 is 11.7 Å². The number of allylic oxidation sites excluding steroid dienone is 2. The molecule has 1 aliphatic rings. The maximum Gasteiger partial charge on any atom is 0.219 e. The molecule has 168 valence electrons. The topological polar surface area (TPSA) is 49.4 Å². The molecule has 4 heteroatoms. The van der Waals surface area contributed by atoms with E-state index >= 15 is 0 Å². The molecule has 1 rings (SSSR count). The van der Waals surface area contributed by atoms with Gasteiger partial charge in [0.05, 0.1) is 0 Å². The van der Waals surface area contributed by atoms with E-state index in [1.165, 1.54) is 25.7 Å². The van der Waals surface area contributed by atoms with Crippen molar-refractivity contribution in [3.8, 4) is 0 Å². The molecule has 0 aromatic carbocycles. The van der Waals surface area contributed by atoms with Gasteiger partial charge in [-0.05, 0) is 65.1 Å². The lowest BCUT2D eigenvalue weighted by molar-refractivity contribution is -0.121. The van der Waals surface area contributed by atoms with Crippen LogP contribution in [0, 0.1) is 11.8 Å². The van der Waals surface area contributed by atoms with Crippen LogP contribution in [0.2, 0.25) is 0 Å². The summed E-state index contributed by atoms with van der Waals surface area (Å²) < 4.78 is 0. The number of carbonyl (C=O) groups excluding carboxylic acids is 2. The van der Waals surface area contributed by atoms with Crippen LogP contribution >= 0.6 is 0 Å². The second-order valence-electron chi connectivity index (χ2n) is 9.01. The number of nitrogens with one attached hydrogen (secondary N) is 1. The standard InChI is InChI=1S/C25H46N2O2/c1-4-5-6-7-8-11-15-22-18-19-24(28)23(22)16-12-9-10-13-17-25(29)26-20-14-21-27(2)3/h11,15,22-23H,4-10,12-14,16-21H2,1-3H3,(H,26,29)/t22-,23+/m0/s1. The summed E-state index contributed by atoms with van der Waals surface area (Å²) in [6, 6.07) is 0. The van der Waals surface area contributed by atoms with Crippen LogP contribution in [0.5, 0.6) is 0 Å². The molecular formula is C25H46N2O2.